The molecule has 1 unspecified atom stereocenters. The maximum Gasteiger partial charge on any atom is 0.404 e. The van der Waals surface area contributed by atoms with E-state index in [1.807, 2.05) is 4.57 Å². The van der Waals surface area contributed by atoms with Gasteiger partial charge in [0.25, 0.3) is 0 Å². The van der Waals surface area contributed by atoms with Crippen LogP contribution in [-0.4, -0.2) is 35.2 Å². The average molecular weight is 485 g/mol. The zero-order valence-corrected chi connectivity index (χ0v) is 18.3. The highest BCUT2D eigenvalue weighted by Crippen LogP contribution is 2.33. The third-order valence-electron chi connectivity index (χ3n) is 4.85. The number of nitrogens with one attached hydrogen (secondary N) is 1. The number of aryl methyl sites for hydroxylation is 1. The largest absolute Gasteiger partial charge is 0.404 e. The summed E-state index contributed by atoms with van der Waals surface area (Å²) in [6, 6.07) is 5.11. The Balaban J connectivity index is 1.78. The van der Waals surface area contributed by atoms with E-state index in [1.165, 1.54) is 29.5 Å². The molecular formula is C20H16F4N4O2S2. The number of hydrogen-bond donors (Lipinski definition) is 1. The predicted molar refractivity (Wildman–Crippen MR) is 113 cm³/mol. The van der Waals surface area contributed by atoms with Gasteiger partial charge in [0.2, 0.25) is 10.0 Å². The van der Waals surface area contributed by atoms with E-state index >= 15 is 0 Å². The summed E-state index contributed by atoms with van der Waals surface area (Å²) < 4.78 is 80.4. The first-order valence-corrected chi connectivity index (χ1v) is 11.6. The second-order valence-corrected chi connectivity index (χ2v) is 9.71. The predicted octanol–water partition coefficient (Wildman–Crippen LogP) is 4.83. The number of aromatic nitrogens is 3. The molecule has 0 bridgehead atoms. The molecule has 0 radical (unpaired) electrons. The van der Waals surface area contributed by atoms with Gasteiger partial charge in [-0.15, -0.1) is 11.3 Å². The maximum absolute atomic E-state index is 14.1. The van der Waals surface area contributed by atoms with Crippen molar-refractivity contribution in [2.24, 2.45) is 0 Å². The highest BCUT2D eigenvalue weighted by atomic mass is 32.2. The van der Waals surface area contributed by atoms with E-state index in [0.717, 1.165) is 11.2 Å². The quantitative estimate of drug-likeness (QED) is 0.412. The van der Waals surface area contributed by atoms with Crippen molar-refractivity contribution in [3.63, 3.8) is 0 Å². The summed E-state index contributed by atoms with van der Waals surface area (Å²) in [5.41, 5.74) is 3.71. The van der Waals surface area contributed by atoms with Crippen molar-refractivity contribution < 1.29 is 26.0 Å². The van der Waals surface area contributed by atoms with Crippen LogP contribution in [0.15, 0.2) is 53.1 Å². The fourth-order valence-corrected chi connectivity index (χ4v) is 4.96. The first-order chi connectivity index (χ1) is 15.0. The molecule has 6 nitrogen and oxygen atoms in total. The van der Waals surface area contributed by atoms with Gasteiger partial charge >= 0.3 is 6.18 Å². The van der Waals surface area contributed by atoms with Gasteiger partial charge in [0.05, 0.1) is 28.6 Å². The highest BCUT2D eigenvalue weighted by Gasteiger charge is 2.39. The van der Waals surface area contributed by atoms with Crippen molar-refractivity contribution in [3.8, 4) is 16.4 Å². The Hall–Kier alpha value is -2.83. The van der Waals surface area contributed by atoms with Crippen molar-refractivity contribution in [2.45, 2.75) is 31.0 Å². The third-order valence-corrected chi connectivity index (χ3v) is 7.14. The summed E-state index contributed by atoms with van der Waals surface area (Å²) >= 11 is 1.35. The van der Waals surface area contributed by atoms with Crippen molar-refractivity contribution in [2.75, 3.05) is 0 Å². The van der Waals surface area contributed by atoms with E-state index in [9.17, 15) is 26.0 Å². The summed E-state index contributed by atoms with van der Waals surface area (Å²) in [5.74, 6) is -0.371. The fourth-order valence-electron chi connectivity index (χ4n) is 3.14. The lowest BCUT2D eigenvalue weighted by Crippen LogP contribution is -2.42. The maximum atomic E-state index is 14.1. The van der Waals surface area contributed by atoms with Gasteiger partial charge in [-0.05, 0) is 49.7 Å². The second kappa shape index (κ2) is 7.94. The van der Waals surface area contributed by atoms with Crippen molar-refractivity contribution in [3.05, 3.63) is 59.6 Å². The molecule has 0 fully saturated rings. The number of pyridine rings is 1. The monoisotopic (exact) mass is 484 g/mol. The zero-order valence-electron chi connectivity index (χ0n) is 16.7. The van der Waals surface area contributed by atoms with Gasteiger partial charge in [-0.25, -0.2) is 12.8 Å². The van der Waals surface area contributed by atoms with Gasteiger partial charge in [0.1, 0.15) is 21.8 Å². The minimum absolute atomic E-state index is 0.357. The molecule has 1 atom stereocenters. The molecule has 3 aromatic heterocycles. The van der Waals surface area contributed by atoms with Gasteiger partial charge in [0.15, 0.2) is 0 Å². The summed E-state index contributed by atoms with van der Waals surface area (Å²) in [6.45, 7) is 2.36. The summed E-state index contributed by atoms with van der Waals surface area (Å²) in [7, 11) is -4.43. The van der Waals surface area contributed by atoms with Crippen LogP contribution >= 0.6 is 11.3 Å². The molecule has 0 spiro atoms. The Labute approximate surface area is 184 Å². The lowest BCUT2D eigenvalue weighted by atomic mass is 10.1. The van der Waals surface area contributed by atoms with Gasteiger partial charge in [-0.2, -0.15) is 17.9 Å². The number of fused-ring (bicyclic) bond motifs is 1. The Bertz CT molecular complexity index is 1380. The van der Waals surface area contributed by atoms with Gasteiger partial charge in [0, 0.05) is 11.6 Å². The zero-order chi connectivity index (χ0) is 23.3. The standard InChI is InChI=1S/C20H16F4N4O2S2/c1-11-5-17-13(6-15(11)21)7-18(28(17)19-9-25-10-31-19)16-4-3-14(8-26-16)32(29,30)27-12(2)20(22,23)24/h3-10,12,27H,1-2H3. The van der Waals surface area contributed by atoms with Crippen LogP contribution in [0.5, 0.6) is 0 Å². The van der Waals surface area contributed by atoms with E-state index in [1.54, 1.807) is 35.5 Å². The van der Waals surface area contributed by atoms with Crippen LogP contribution in [0, 0.1) is 12.7 Å². The lowest BCUT2D eigenvalue weighted by Gasteiger charge is -2.17. The first kappa shape index (κ1) is 22.4. The number of halogens is 4. The topological polar surface area (TPSA) is 76.9 Å². The molecule has 0 aliphatic rings. The molecule has 1 N–H and O–H groups in total. The van der Waals surface area contributed by atoms with E-state index in [-0.39, 0.29) is 5.82 Å². The number of nitrogens with zero attached hydrogens (tertiary/aromatic N) is 3. The summed E-state index contributed by atoms with van der Waals surface area (Å²) in [6.07, 6.45) is -2.10. The van der Waals surface area contributed by atoms with E-state index in [4.69, 9.17) is 0 Å². The van der Waals surface area contributed by atoms with Crippen LogP contribution in [-0.2, 0) is 10.0 Å². The molecule has 0 amide bonds. The normalized spacial score (nSPS) is 13.6. The number of rotatable bonds is 5. The number of hydrogen-bond acceptors (Lipinski definition) is 5. The van der Waals surface area contributed by atoms with Crippen LogP contribution in [0.2, 0.25) is 0 Å². The first-order valence-electron chi connectivity index (χ1n) is 9.23. The van der Waals surface area contributed by atoms with Gasteiger partial charge in [-0.1, -0.05) is 0 Å². The SMILES string of the molecule is Cc1cc2c(cc1F)cc(-c1ccc(S(=O)(=O)NC(C)C(F)(F)F)cn1)n2-c1cncs1. The van der Waals surface area contributed by atoms with E-state index in [0.29, 0.717) is 34.8 Å². The fraction of sp³-hybridized carbons (Fsp3) is 0.200. The van der Waals surface area contributed by atoms with Crippen LogP contribution in [0.25, 0.3) is 27.3 Å². The molecule has 32 heavy (non-hydrogen) atoms. The molecule has 1 aromatic carbocycles. The summed E-state index contributed by atoms with van der Waals surface area (Å²) in [5, 5.41) is 1.34. The van der Waals surface area contributed by atoms with Crippen LogP contribution in [0.4, 0.5) is 17.6 Å². The van der Waals surface area contributed by atoms with Crippen LogP contribution < -0.4 is 4.72 Å². The average Bonchev–Trinajstić information content (AvgIpc) is 3.35. The Kier molecular flexibility index (Phi) is 5.55. The third kappa shape index (κ3) is 4.12. The van der Waals surface area contributed by atoms with Crippen molar-refractivity contribution >= 4 is 32.3 Å². The molecular weight excluding hydrogens is 468 g/mol. The van der Waals surface area contributed by atoms with Crippen molar-refractivity contribution in [1.29, 1.82) is 0 Å². The molecule has 4 aromatic rings. The molecule has 4 rings (SSSR count). The molecule has 168 valence electrons. The number of benzene rings is 1. The Morgan fingerprint density at radius 3 is 2.50 bits per heavy atom. The van der Waals surface area contributed by atoms with E-state index in [2.05, 4.69) is 9.97 Å². The Morgan fingerprint density at radius 1 is 1.16 bits per heavy atom. The smallest absolute Gasteiger partial charge is 0.298 e. The van der Waals surface area contributed by atoms with Crippen LogP contribution in [0.1, 0.15) is 12.5 Å². The van der Waals surface area contributed by atoms with E-state index < -0.39 is 27.1 Å². The molecule has 0 aliphatic carbocycles. The van der Waals surface area contributed by atoms with Gasteiger partial charge in [-0.3, -0.25) is 14.5 Å². The van der Waals surface area contributed by atoms with Gasteiger partial charge < -0.3 is 0 Å². The minimum Gasteiger partial charge on any atom is -0.298 e. The number of sulfonamides is 1. The highest BCUT2D eigenvalue weighted by molar-refractivity contribution is 7.89. The number of thiazole rings is 1. The molecule has 3 heterocycles. The molecule has 0 saturated heterocycles. The lowest BCUT2D eigenvalue weighted by molar-refractivity contribution is -0.147. The Morgan fingerprint density at radius 2 is 1.91 bits per heavy atom. The molecule has 0 saturated carbocycles. The molecule has 0 aliphatic heterocycles. The summed E-state index contributed by atoms with van der Waals surface area (Å²) in [4.78, 5) is 7.84. The number of alkyl halides is 3. The second-order valence-electron chi connectivity index (χ2n) is 7.13. The van der Waals surface area contributed by atoms with Crippen LogP contribution in [0.3, 0.4) is 0 Å². The minimum atomic E-state index is -4.72. The molecule has 12 heteroatoms. The van der Waals surface area contributed by atoms with Crippen molar-refractivity contribution in [1.82, 2.24) is 19.3 Å².